The Bertz CT molecular complexity index is 885. The zero-order valence-corrected chi connectivity index (χ0v) is 15.1. The van der Waals surface area contributed by atoms with E-state index in [-0.39, 0.29) is 17.2 Å². The van der Waals surface area contributed by atoms with E-state index in [0.29, 0.717) is 15.6 Å². The number of carbonyl (C=O) groups excluding carboxylic acids is 1. The molecule has 2 aromatic rings. The number of aliphatic hydroxyl groups excluding tert-OH is 1. The molecule has 1 heterocycles. The zero-order valence-electron chi connectivity index (χ0n) is 13.6. The molecule has 2 N–H and O–H groups in total. The summed E-state index contributed by atoms with van der Waals surface area (Å²) in [6, 6.07) is 11.1. The van der Waals surface area contributed by atoms with E-state index in [2.05, 4.69) is 5.32 Å². The van der Waals surface area contributed by atoms with Crippen molar-refractivity contribution in [3.63, 3.8) is 0 Å². The third kappa shape index (κ3) is 2.79. The molecule has 124 valence electrons. The molecule has 3 rings (SSSR count). The molecule has 0 spiro atoms. The van der Waals surface area contributed by atoms with E-state index >= 15 is 0 Å². The number of aliphatic hydroxyl groups is 1. The number of aryl methyl sites for hydroxylation is 1. The van der Waals surface area contributed by atoms with Gasteiger partial charge in [0.05, 0.1) is 11.1 Å². The lowest BCUT2D eigenvalue weighted by atomic mass is 9.94. The lowest BCUT2D eigenvalue weighted by molar-refractivity contribution is -0.115. The van der Waals surface area contributed by atoms with Crippen molar-refractivity contribution in [3.8, 4) is 11.1 Å². The number of carbonyl (C=O) groups is 1. The molecule has 0 aromatic heterocycles. The minimum Gasteiger partial charge on any atom is -0.509 e. The molecule has 5 heteroatoms. The predicted octanol–water partition coefficient (Wildman–Crippen LogP) is 5.15. The van der Waals surface area contributed by atoms with Crippen LogP contribution in [0, 0.1) is 6.92 Å². The number of halogens is 2. The van der Waals surface area contributed by atoms with Crippen molar-refractivity contribution in [2.45, 2.75) is 26.3 Å². The Morgan fingerprint density at radius 2 is 1.79 bits per heavy atom. The Kier molecular flexibility index (Phi) is 4.10. The summed E-state index contributed by atoms with van der Waals surface area (Å²) in [5.41, 5.74) is 2.78. The van der Waals surface area contributed by atoms with Crippen LogP contribution in [0.4, 0.5) is 0 Å². The van der Waals surface area contributed by atoms with E-state index in [4.69, 9.17) is 23.2 Å². The second-order valence-electron chi connectivity index (χ2n) is 6.46. The summed E-state index contributed by atoms with van der Waals surface area (Å²) in [5, 5.41) is 14.2. The Hall–Kier alpha value is -1.97. The van der Waals surface area contributed by atoms with Crippen LogP contribution in [0.2, 0.25) is 10.0 Å². The molecule has 0 aliphatic carbocycles. The van der Waals surface area contributed by atoms with Gasteiger partial charge in [-0.15, -0.1) is 0 Å². The van der Waals surface area contributed by atoms with Crippen LogP contribution < -0.4 is 5.32 Å². The van der Waals surface area contributed by atoms with Crippen molar-refractivity contribution in [1.29, 1.82) is 0 Å². The van der Waals surface area contributed by atoms with Crippen molar-refractivity contribution in [2.75, 3.05) is 0 Å². The third-order valence-electron chi connectivity index (χ3n) is 4.20. The number of benzene rings is 2. The van der Waals surface area contributed by atoms with E-state index in [1.807, 2.05) is 37.3 Å². The number of hydrogen-bond donors (Lipinski definition) is 2. The number of nitrogens with one attached hydrogen (secondary N) is 1. The van der Waals surface area contributed by atoms with Crippen LogP contribution in [0.5, 0.6) is 0 Å². The van der Waals surface area contributed by atoms with Crippen LogP contribution in [0.15, 0.2) is 42.2 Å². The molecule has 1 amide bonds. The lowest BCUT2D eigenvalue weighted by Crippen LogP contribution is -2.38. The van der Waals surface area contributed by atoms with E-state index in [0.717, 1.165) is 16.7 Å². The summed E-state index contributed by atoms with van der Waals surface area (Å²) >= 11 is 12.5. The lowest BCUT2D eigenvalue weighted by Gasteiger charge is -2.17. The van der Waals surface area contributed by atoms with E-state index in [1.54, 1.807) is 19.9 Å². The minimum absolute atomic E-state index is 0.00399. The highest BCUT2D eigenvalue weighted by atomic mass is 35.5. The van der Waals surface area contributed by atoms with Gasteiger partial charge in [0.25, 0.3) is 5.91 Å². The fraction of sp³-hybridized carbons (Fsp3) is 0.211. The molecule has 0 saturated carbocycles. The monoisotopic (exact) mass is 361 g/mol. The molecule has 0 fully saturated rings. The molecule has 2 aromatic carbocycles. The van der Waals surface area contributed by atoms with Crippen LogP contribution in [0.3, 0.4) is 0 Å². The van der Waals surface area contributed by atoms with Crippen LogP contribution >= 0.6 is 23.2 Å². The summed E-state index contributed by atoms with van der Waals surface area (Å²) in [5.74, 6) is -0.321. The number of amides is 1. The van der Waals surface area contributed by atoms with E-state index in [9.17, 15) is 9.90 Å². The molecular weight excluding hydrogens is 345 g/mol. The fourth-order valence-corrected chi connectivity index (χ4v) is 3.36. The smallest absolute Gasteiger partial charge is 0.256 e. The van der Waals surface area contributed by atoms with Crippen LogP contribution in [-0.4, -0.2) is 16.6 Å². The molecule has 0 atom stereocenters. The highest BCUT2D eigenvalue weighted by Gasteiger charge is 2.39. The van der Waals surface area contributed by atoms with Crippen molar-refractivity contribution in [2.24, 2.45) is 0 Å². The minimum atomic E-state index is -0.796. The first-order chi connectivity index (χ1) is 11.2. The van der Waals surface area contributed by atoms with Gasteiger partial charge in [0.2, 0.25) is 0 Å². The average molecular weight is 362 g/mol. The normalized spacial score (nSPS) is 16.5. The Balaban J connectivity index is 2.16. The van der Waals surface area contributed by atoms with Crippen LogP contribution in [-0.2, 0) is 4.79 Å². The van der Waals surface area contributed by atoms with Gasteiger partial charge in [-0.3, -0.25) is 4.79 Å². The number of hydrogen-bond acceptors (Lipinski definition) is 2. The molecule has 1 aliphatic heterocycles. The fourth-order valence-electron chi connectivity index (χ4n) is 2.92. The van der Waals surface area contributed by atoms with Gasteiger partial charge in [0.1, 0.15) is 5.76 Å². The van der Waals surface area contributed by atoms with Gasteiger partial charge < -0.3 is 10.4 Å². The van der Waals surface area contributed by atoms with Gasteiger partial charge in [-0.05, 0) is 61.7 Å². The molecule has 3 nitrogen and oxygen atoms in total. The third-order valence-corrected chi connectivity index (χ3v) is 4.75. The van der Waals surface area contributed by atoms with E-state index < -0.39 is 5.54 Å². The van der Waals surface area contributed by atoms with Gasteiger partial charge in [-0.1, -0.05) is 35.3 Å². The standard InChI is InChI=1S/C19H17Cl2NO2/c1-10-7-14(16-17(23)19(2,3)22-18(16)24)15(21)9-13(10)11-5-4-6-12(20)8-11/h4-9,23H,1-3H3,(H,22,24). The highest BCUT2D eigenvalue weighted by molar-refractivity contribution is 6.36. The maximum absolute atomic E-state index is 12.3. The summed E-state index contributed by atoms with van der Waals surface area (Å²) in [6.07, 6.45) is 0. The van der Waals surface area contributed by atoms with Gasteiger partial charge in [-0.25, -0.2) is 0 Å². The predicted molar refractivity (Wildman–Crippen MR) is 98.4 cm³/mol. The van der Waals surface area contributed by atoms with Crippen molar-refractivity contribution in [1.82, 2.24) is 5.32 Å². The van der Waals surface area contributed by atoms with Crippen LogP contribution in [0.25, 0.3) is 16.7 Å². The number of rotatable bonds is 2. The second kappa shape index (κ2) is 5.83. The molecule has 0 saturated heterocycles. The summed E-state index contributed by atoms with van der Waals surface area (Å²) in [6.45, 7) is 5.42. The first-order valence-corrected chi connectivity index (χ1v) is 8.29. The maximum atomic E-state index is 12.3. The Labute approximate surface area is 150 Å². The van der Waals surface area contributed by atoms with Crippen LogP contribution in [0.1, 0.15) is 25.0 Å². The largest absolute Gasteiger partial charge is 0.509 e. The topological polar surface area (TPSA) is 49.3 Å². The van der Waals surface area contributed by atoms with Crippen molar-refractivity contribution >= 4 is 34.7 Å². The molecule has 1 aliphatic rings. The Morgan fingerprint density at radius 1 is 1.08 bits per heavy atom. The second-order valence-corrected chi connectivity index (χ2v) is 7.30. The van der Waals surface area contributed by atoms with Gasteiger partial charge in [0.15, 0.2) is 0 Å². The maximum Gasteiger partial charge on any atom is 0.256 e. The van der Waals surface area contributed by atoms with Crippen molar-refractivity contribution in [3.05, 3.63) is 63.3 Å². The molecular formula is C19H17Cl2NO2. The molecule has 24 heavy (non-hydrogen) atoms. The summed E-state index contributed by atoms with van der Waals surface area (Å²) < 4.78 is 0. The van der Waals surface area contributed by atoms with E-state index in [1.165, 1.54) is 0 Å². The molecule has 0 bridgehead atoms. The zero-order chi connectivity index (χ0) is 17.6. The van der Waals surface area contributed by atoms with Gasteiger partial charge in [-0.2, -0.15) is 0 Å². The van der Waals surface area contributed by atoms with Crippen molar-refractivity contribution < 1.29 is 9.90 Å². The van der Waals surface area contributed by atoms with Gasteiger partial charge >= 0.3 is 0 Å². The quantitative estimate of drug-likeness (QED) is 0.777. The average Bonchev–Trinajstić information content (AvgIpc) is 2.69. The summed E-state index contributed by atoms with van der Waals surface area (Å²) in [7, 11) is 0. The molecule has 0 radical (unpaired) electrons. The first kappa shape index (κ1) is 16.9. The SMILES string of the molecule is Cc1cc(C2=C(O)C(C)(C)NC2=O)c(Cl)cc1-c1cccc(Cl)c1. The molecule has 0 unspecified atom stereocenters. The first-order valence-electron chi connectivity index (χ1n) is 7.53. The summed E-state index contributed by atoms with van der Waals surface area (Å²) in [4.78, 5) is 12.3. The van der Waals surface area contributed by atoms with Gasteiger partial charge in [0, 0.05) is 15.6 Å². The highest BCUT2D eigenvalue weighted by Crippen LogP contribution is 2.38. The Morgan fingerprint density at radius 3 is 2.38 bits per heavy atom.